The van der Waals surface area contributed by atoms with Crippen LogP contribution in [0.5, 0.6) is 5.75 Å². The number of para-hydroxylation sites is 1. The van der Waals surface area contributed by atoms with E-state index in [0.717, 1.165) is 11.1 Å². The van der Waals surface area contributed by atoms with E-state index < -0.39 is 0 Å². The van der Waals surface area contributed by atoms with E-state index in [-0.39, 0.29) is 12.5 Å². The number of nitrogens with two attached hydrogens (primary N) is 1. The fourth-order valence-corrected chi connectivity index (χ4v) is 2.08. The number of benzene rings is 2. The van der Waals surface area contributed by atoms with Gasteiger partial charge in [-0.3, -0.25) is 4.79 Å². The lowest BCUT2D eigenvalue weighted by atomic mass is 10.1. The molecule has 0 bridgehead atoms. The number of carbonyl (C=O) groups excluding carboxylic acids is 1. The minimum Gasteiger partial charge on any atom is -0.483 e. The summed E-state index contributed by atoms with van der Waals surface area (Å²) < 4.78 is 5.54. The number of aryl methyl sites for hydroxylation is 2. The molecule has 3 N–H and O–H groups in total. The Hall–Kier alpha value is -2.20. The Labute approximate surface area is 128 Å². The van der Waals surface area contributed by atoms with Crippen LogP contribution in [0, 0.1) is 13.8 Å². The zero-order valence-corrected chi connectivity index (χ0v) is 12.7. The third kappa shape index (κ3) is 3.89. The molecule has 0 atom stereocenters. The number of halogens is 1. The van der Waals surface area contributed by atoms with Gasteiger partial charge in [0.15, 0.2) is 6.61 Å². The summed E-state index contributed by atoms with van der Waals surface area (Å²) in [5.41, 5.74) is 8.66. The van der Waals surface area contributed by atoms with E-state index >= 15 is 0 Å². The molecule has 0 aliphatic heterocycles. The molecule has 0 spiro atoms. The number of hydrogen-bond acceptors (Lipinski definition) is 3. The highest BCUT2D eigenvalue weighted by Gasteiger charge is 2.10. The van der Waals surface area contributed by atoms with Gasteiger partial charge < -0.3 is 15.8 Å². The number of anilines is 2. The monoisotopic (exact) mass is 304 g/mol. The molecular weight excluding hydrogens is 288 g/mol. The largest absolute Gasteiger partial charge is 0.483 e. The molecule has 0 aromatic heterocycles. The summed E-state index contributed by atoms with van der Waals surface area (Å²) in [5, 5.41) is 3.06. The smallest absolute Gasteiger partial charge is 0.262 e. The van der Waals surface area contributed by atoms with Gasteiger partial charge in [-0.15, -0.1) is 0 Å². The van der Waals surface area contributed by atoms with Crippen LogP contribution < -0.4 is 15.8 Å². The van der Waals surface area contributed by atoms with Gasteiger partial charge in [0, 0.05) is 0 Å². The van der Waals surface area contributed by atoms with E-state index in [4.69, 9.17) is 22.1 Å². The number of hydrogen-bond donors (Lipinski definition) is 2. The second kappa shape index (κ2) is 6.50. The number of carbonyl (C=O) groups is 1. The van der Waals surface area contributed by atoms with Crippen LogP contribution in [0.2, 0.25) is 5.02 Å². The van der Waals surface area contributed by atoms with Crippen molar-refractivity contribution in [1.29, 1.82) is 0 Å². The van der Waals surface area contributed by atoms with Crippen LogP contribution >= 0.6 is 11.6 Å². The van der Waals surface area contributed by atoms with Gasteiger partial charge in [-0.2, -0.15) is 0 Å². The summed E-state index contributed by atoms with van der Waals surface area (Å²) >= 11 is 6.00. The quantitative estimate of drug-likeness (QED) is 0.849. The zero-order chi connectivity index (χ0) is 15.4. The van der Waals surface area contributed by atoms with Crippen LogP contribution in [-0.4, -0.2) is 12.5 Å². The van der Waals surface area contributed by atoms with Crippen LogP contribution in [0.4, 0.5) is 11.4 Å². The number of ether oxygens (including phenoxy) is 1. The van der Waals surface area contributed by atoms with Gasteiger partial charge in [-0.05, 0) is 43.2 Å². The van der Waals surface area contributed by atoms with E-state index in [9.17, 15) is 4.79 Å². The second-order valence-corrected chi connectivity index (χ2v) is 5.22. The lowest BCUT2D eigenvalue weighted by Crippen LogP contribution is -2.21. The maximum atomic E-state index is 11.9. The number of rotatable bonds is 4. The van der Waals surface area contributed by atoms with E-state index in [1.165, 1.54) is 0 Å². The zero-order valence-electron chi connectivity index (χ0n) is 11.9. The summed E-state index contributed by atoms with van der Waals surface area (Å²) in [6, 6.07) is 10.9. The van der Waals surface area contributed by atoms with Crippen LogP contribution in [-0.2, 0) is 4.79 Å². The van der Waals surface area contributed by atoms with Gasteiger partial charge in [-0.25, -0.2) is 0 Å². The Bertz CT molecular complexity index is 651. The van der Waals surface area contributed by atoms with Crippen molar-refractivity contribution in [2.75, 3.05) is 17.7 Å². The van der Waals surface area contributed by atoms with E-state index in [1.54, 1.807) is 18.2 Å². The van der Waals surface area contributed by atoms with Crippen molar-refractivity contribution in [3.05, 3.63) is 52.5 Å². The lowest BCUT2D eigenvalue weighted by Gasteiger charge is -2.12. The summed E-state index contributed by atoms with van der Waals surface area (Å²) in [7, 11) is 0. The molecule has 2 aromatic carbocycles. The molecule has 21 heavy (non-hydrogen) atoms. The van der Waals surface area contributed by atoms with E-state index in [1.807, 2.05) is 32.0 Å². The van der Waals surface area contributed by atoms with Crippen molar-refractivity contribution in [1.82, 2.24) is 0 Å². The molecule has 0 radical (unpaired) electrons. The SMILES string of the molecule is Cc1ccc(C)c(OCC(=O)Nc2c(N)cccc2Cl)c1. The fraction of sp³-hybridized carbons (Fsp3) is 0.188. The van der Waals surface area contributed by atoms with Gasteiger partial charge in [0.2, 0.25) is 0 Å². The summed E-state index contributed by atoms with van der Waals surface area (Å²) in [4.78, 5) is 11.9. The predicted octanol–water partition coefficient (Wildman–Crippen LogP) is 3.56. The molecular formula is C16H17ClN2O2. The second-order valence-electron chi connectivity index (χ2n) is 4.81. The fourth-order valence-electron chi connectivity index (χ4n) is 1.85. The topological polar surface area (TPSA) is 64.3 Å². The highest BCUT2D eigenvalue weighted by Crippen LogP contribution is 2.27. The Morgan fingerprint density at radius 3 is 2.76 bits per heavy atom. The van der Waals surface area contributed by atoms with Crippen molar-refractivity contribution in [3.63, 3.8) is 0 Å². The minimum atomic E-state index is -0.310. The van der Waals surface area contributed by atoms with Crippen molar-refractivity contribution >= 4 is 28.9 Å². The van der Waals surface area contributed by atoms with Crippen LogP contribution in [0.3, 0.4) is 0 Å². The maximum Gasteiger partial charge on any atom is 0.262 e. The van der Waals surface area contributed by atoms with E-state index in [2.05, 4.69) is 5.32 Å². The van der Waals surface area contributed by atoms with Crippen LogP contribution in [0.1, 0.15) is 11.1 Å². The number of nitrogens with one attached hydrogen (secondary N) is 1. The molecule has 0 aliphatic carbocycles. The third-order valence-corrected chi connectivity index (χ3v) is 3.33. The van der Waals surface area contributed by atoms with Gasteiger partial charge in [0.05, 0.1) is 16.4 Å². The van der Waals surface area contributed by atoms with Crippen LogP contribution in [0.15, 0.2) is 36.4 Å². The average molecular weight is 305 g/mol. The molecule has 0 aliphatic rings. The van der Waals surface area contributed by atoms with Gasteiger partial charge in [0.1, 0.15) is 5.75 Å². The molecule has 5 heteroatoms. The first-order valence-corrected chi connectivity index (χ1v) is 6.89. The van der Waals surface area contributed by atoms with Gasteiger partial charge >= 0.3 is 0 Å². The van der Waals surface area contributed by atoms with Crippen molar-refractivity contribution < 1.29 is 9.53 Å². The Balaban J connectivity index is 2.01. The van der Waals surface area contributed by atoms with Gasteiger partial charge in [-0.1, -0.05) is 29.8 Å². The van der Waals surface area contributed by atoms with E-state index in [0.29, 0.717) is 22.1 Å². The molecule has 110 valence electrons. The Kier molecular flexibility index (Phi) is 4.70. The first-order valence-electron chi connectivity index (χ1n) is 6.51. The highest BCUT2D eigenvalue weighted by molar-refractivity contribution is 6.34. The molecule has 1 amide bonds. The molecule has 0 saturated carbocycles. The highest BCUT2D eigenvalue weighted by atomic mass is 35.5. The molecule has 0 fully saturated rings. The predicted molar refractivity (Wildman–Crippen MR) is 85.9 cm³/mol. The van der Waals surface area contributed by atoms with Crippen LogP contribution in [0.25, 0.3) is 0 Å². The molecule has 0 unspecified atom stereocenters. The molecule has 2 aromatic rings. The standard InChI is InChI=1S/C16H17ClN2O2/c1-10-6-7-11(2)14(8-10)21-9-15(20)19-16-12(17)4-3-5-13(16)18/h3-8H,9,18H2,1-2H3,(H,19,20). The average Bonchev–Trinajstić information content (AvgIpc) is 2.44. The number of amides is 1. The maximum absolute atomic E-state index is 11.9. The lowest BCUT2D eigenvalue weighted by molar-refractivity contribution is -0.118. The van der Waals surface area contributed by atoms with Crippen molar-refractivity contribution in [3.8, 4) is 5.75 Å². The normalized spacial score (nSPS) is 10.2. The molecule has 0 saturated heterocycles. The van der Waals surface area contributed by atoms with Crippen molar-refractivity contribution in [2.45, 2.75) is 13.8 Å². The van der Waals surface area contributed by atoms with Crippen molar-refractivity contribution in [2.24, 2.45) is 0 Å². The molecule has 0 heterocycles. The molecule has 4 nitrogen and oxygen atoms in total. The first-order chi connectivity index (χ1) is 9.97. The summed E-state index contributed by atoms with van der Waals surface area (Å²) in [6.07, 6.45) is 0. The third-order valence-electron chi connectivity index (χ3n) is 3.01. The number of nitrogen functional groups attached to an aromatic ring is 1. The Morgan fingerprint density at radius 1 is 1.29 bits per heavy atom. The summed E-state index contributed by atoms with van der Waals surface area (Å²) in [6.45, 7) is 3.80. The minimum absolute atomic E-state index is 0.102. The molecule has 2 rings (SSSR count). The van der Waals surface area contributed by atoms with Gasteiger partial charge in [0.25, 0.3) is 5.91 Å². The first kappa shape index (κ1) is 15.2. The Morgan fingerprint density at radius 2 is 2.05 bits per heavy atom. The summed E-state index contributed by atoms with van der Waals surface area (Å²) in [5.74, 6) is 0.382.